The molecule has 0 bridgehead atoms. The maximum atomic E-state index is 12.4. The molecule has 2 aromatic carbocycles. The monoisotopic (exact) mass is 353 g/mol. The Morgan fingerprint density at radius 1 is 0.885 bits per heavy atom. The van der Waals surface area contributed by atoms with Crippen molar-refractivity contribution in [3.8, 4) is 0 Å². The van der Waals surface area contributed by atoms with E-state index >= 15 is 0 Å². The molecule has 0 aliphatic rings. The Morgan fingerprint density at radius 3 is 2.00 bits per heavy atom. The van der Waals surface area contributed by atoms with Crippen LogP contribution in [-0.4, -0.2) is 29.3 Å². The minimum absolute atomic E-state index is 0.347. The molecular formula is C20H23N3O3. The van der Waals surface area contributed by atoms with Crippen LogP contribution in [0.1, 0.15) is 31.1 Å². The van der Waals surface area contributed by atoms with Crippen LogP contribution in [0.5, 0.6) is 0 Å². The molecule has 6 nitrogen and oxygen atoms in total. The summed E-state index contributed by atoms with van der Waals surface area (Å²) in [7, 11) is 0. The van der Waals surface area contributed by atoms with Gasteiger partial charge in [0.2, 0.25) is 11.8 Å². The molecule has 0 aliphatic carbocycles. The van der Waals surface area contributed by atoms with Gasteiger partial charge in [0.05, 0.1) is 0 Å². The number of para-hydroxylation sites is 1. The van der Waals surface area contributed by atoms with Gasteiger partial charge in [0, 0.05) is 11.3 Å². The molecule has 6 heteroatoms. The van der Waals surface area contributed by atoms with Gasteiger partial charge in [-0.15, -0.1) is 0 Å². The summed E-state index contributed by atoms with van der Waals surface area (Å²) in [6.07, 6.45) is 0. The van der Waals surface area contributed by atoms with Crippen LogP contribution in [0.4, 0.5) is 5.69 Å². The summed E-state index contributed by atoms with van der Waals surface area (Å²) in [6, 6.07) is 16.8. The van der Waals surface area contributed by atoms with Crippen LogP contribution in [0.25, 0.3) is 0 Å². The Bertz CT molecular complexity index is 773. The smallest absolute Gasteiger partial charge is 0.251 e. The molecule has 0 saturated heterocycles. The quantitative estimate of drug-likeness (QED) is 0.745. The molecule has 3 N–H and O–H groups in total. The van der Waals surface area contributed by atoms with E-state index in [1.807, 2.05) is 18.2 Å². The predicted molar refractivity (Wildman–Crippen MR) is 101 cm³/mol. The van der Waals surface area contributed by atoms with E-state index in [2.05, 4.69) is 16.0 Å². The standard InChI is InChI=1S/C20H23N3O3/c1-14(21-18(25)15-10-6-4-7-11-15)17(24)23-20(2,3)19(26)22-16-12-8-5-9-13-16/h4-14H,1-3H3,(H,21,25)(H,22,26)(H,23,24)/t14-/m0/s1. The zero-order valence-electron chi connectivity index (χ0n) is 15.1. The average Bonchev–Trinajstić information content (AvgIpc) is 2.62. The van der Waals surface area contributed by atoms with Gasteiger partial charge < -0.3 is 16.0 Å². The first-order valence-corrected chi connectivity index (χ1v) is 8.34. The van der Waals surface area contributed by atoms with Crippen LogP contribution in [0.2, 0.25) is 0 Å². The Kier molecular flexibility index (Phi) is 6.11. The third kappa shape index (κ3) is 5.17. The zero-order chi connectivity index (χ0) is 19.2. The van der Waals surface area contributed by atoms with E-state index < -0.39 is 17.5 Å². The van der Waals surface area contributed by atoms with Crippen molar-refractivity contribution in [3.63, 3.8) is 0 Å². The molecule has 0 aromatic heterocycles. The lowest BCUT2D eigenvalue weighted by atomic mass is 10.0. The highest BCUT2D eigenvalue weighted by molar-refractivity contribution is 6.01. The molecule has 0 radical (unpaired) electrons. The van der Waals surface area contributed by atoms with Gasteiger partial charge in [0.15, 0.2) is 0 Å². The lowest BCUT2D eigenvalue weighted by Crippen LogP contribution is -2.57. The van der Waals surface area contributed by atoms with E-state index in [0.29, 0.717) is 11.3 Å². The van der Waals surface area contributed by atoms with Crippen LogP contribution in [0, 0.1) is 0 Å². The summed E-state index contributed by atoms with van der Waals surface area (Å²) in [5, 5.41) is 8.04. The van der Waals surface area contributed by atoms with Gasteiger partial charge in [-0.1, -0.05) is 36.4 Å². The number of rotatable bonds is 6. The molecule has 26 heavy (non-hydrogen) atoms. The number of benzene rings is 2. The van der Waals surface area contributed by atoms with Gasteiger partial charge in [0.25, 0.3) is 5.91 Å². The molecule has 0 aliphatic heterocycles. The van der Waals surface area contributed by atoms with E-state index in [1.54, 1.807) is 63.2 Å². The number of hydrogen-bond acceptors (Lipinski definition) is 3. The second-order valence-electron chi connectivity index (χ2n) is 6.50. The summed E-state index contributed by atoms with van der Waals surface area (Å²) < 4.78 is 0. The molecule has 3 amide bonds. The normalized spacial score (nSPS) is 12.0. The first-order valence-electron chi connectivity index (χ1n) is 8.34. The van der Waals surface area contributed by atoms with Crippen molar-refractivity contribution >= 4 is 23.4 Å². The van der Waals surface area contributed by atoms with Gasteiger partial charge in [-0.3, -0.25) is 14.4 Å². The molecule has 2 rings (SSSR count). The van der Waals surface area contributed by atoms with Crippen molar-refractivity contribution in [3.05, 3.63) is 66.2 Å². The topological polar surface area (TPSA) is 87.3 Å². The summed E-state index contributed by atoms with van der Waals surface area (Å²) >= 11 is 0. The summed E-state index contributed by atoms with van der Waals surface area (Å²) in [5.74, 6) is -1.14. The van der Waals surface area contributed by atoms with Gasteiger partial charge in [0.1, 0.15) is 11.6 Å². The van der Waals surface area contributed by atoms with E-state index in [-0.39, 0.29) is 11.8 Å². The minimum atomic E-state index is -1.14. The van der Waals surface area contributed by atoms with E-state index in [1.165, 1.54) is 0 Å². The summed E-state index contributed by atoms with van der Waals surface area (Å²) in [4.78, 5) is 36.9. The molecule has 136 valence electrons. The third-order valence-electron chi connectivity index (χ3n) is 3.81. The van der Waals surface area contributed by atoms with Gasteiger partial charge in [-0.05, 0) is 45.0 Å². The van der Waals surface area contributed by atoms with Crippen LogP contribution >= 0.6 is 0 Å². The SMILES string of the molecule is C[C@H](NC(=O)c1ccccc1)C(=O)NC(C)(C)C(=O)Nc1ccccc1. The fourth-order valence-electron chi connectivity index (χ4n) is 2.22. The third-order valence-corrected chi connectivity index (χ3v) is 3.81. The van der Waals surface area contributed by atoms with E-state index in [0.717, 1.165) is 0 Å². The second kappa shape index (κ2) is 8.29. The van der Waals surface area contributed by atoms with Crippen molar-refractivity contribution in [2.24, 2.45) is 0 Å². The highest BCUT2D eigenvalue weighted by Crippen LogP contribution is 2.11. The van der Waals surface area contributed by atoms with Crippen LogP contribution in [-0.2, 0) is 9.59 Å². The maximum absolute atomic E-state index is 12.4. The molecule has 0 fully saturated rings. The molecule has 1 atom stereocenters. The van der Waals surface area contributed by atoms with Crippen LogP contribution in [0.3, 0.4) is 0 Å². The molecule has 0 heterocycles. The highest BCUT2D eigenvalue weighted by Gasteiger charge is 2.31. The van der Waals surface area contributed by atoms with E-state index in [9.17, 15) is 14.4 Å². The van der Waals surface area contributed by atoms with Gasteiger partial charge in [-0.2, -0.15) is 0 Å². The number of anilines is 1. The molecule has 0 spiro atoms. The molecule has 0 unspecified atom stereocenters. The lowest BCUT2D eigenvalue weighted by molar-refractivity contribution is -0.130. The van der Waals surface area contributed by atoms with Gasteiger partial charge in [-0.25, -0.2) is 0 Å². The minimum Gasteiger partial charge on any atom is -0.341 e. The largest absolute Gasteiger partial charge is 0.341 e. The fourth-order valence-corrected chi connectivity index (χ4v) is 2.22. The Balaban J connectivity index is 1.94. The Morgan fingerprint density at radius 2 is 1.42 bits per heavy atom. The van der Waals surface area contributed by atoms with Crippen molar-refractivity contribution < 1.29 is 14.4 Å². The number of amides is 3. The summed E-state index contributed by atoms with van der Waals surface area (Å²) in [5.41, 5.74) is -0.0305. The lowest BCUT2D eigenvalue weighted by Gasteiger charge is -2.27. The van der Waals surface area contributed by atoms with E-state index in [4.69, 9.17) is 0 Å². The highest BCUT2D eigenvalue weighted by atomic mass is 16.2. The second-order valence-corrected chi connectivity index (χ2v) is 6.50. The summed E-state index contributed by atoms with van der Waals surface area (Å²) in [6.45, 7) is 4.78. The maximum Gasteiger partial charge on any atom is 0.251 e. The van der Waals surface area contributed by atoms with Crippen LogP contribution < -0.4 is 16.0 Å². The van der Waals surface area contributed by atoms with Crippen molar-refractivity contribution in [1.82, 2.24) is 10.6 Å². The number of nitrogens with one attached hydrogen (secondary N) is 3. The van der Waals surface area contributed by atoms with Crippen molar-refractivity contribution in [2.75, 3.05) is 5.32 Å². The first-order chi connectivity index (χ1) is 12.3. The average molecular weight is 353 g/mol. The number of carbonyl (C=O) groups is 3. The molecule has 2 aromatic rings. The predicted octanol–water partition coefficient (Wildman–Crippen LogP) is 2.34. The number of carbonyl (C=O) groups excluding carboxylic acids is 3. The molecular weight excluding hydrogens is 330 g/mol. The van der Waals surface area contributed by atoms with Gasteiger partial charge >= 0.3 is 0 Å². The van der Waals surface area contributed by atoms with Crippen molar-refractivity contribution in [1.29, 1.82) is 0 Å². The Hall–Kier alpha value is -3.15. The Labute approximate surface area is 153 Å². The van der Waals surface area contributed by atoms with Crippen LogP contribution in [0.15, 0.2) is 60.7 Å². The fraction of sp³-hybridized carbons (Fsp3) is 0.250. The van der Waals surface area contributed by atoms with Crippen molar-refractivity contribution in [2.45, 2.75) is 32.4 Å². The molecule has 0 saturated carbocycles. The first kappa shape index (κ1) is 19.2. The zero-order valence-corrected chi connectivity index (χ0v) is 15.1. The number of hydrogen-bond donors (Lipinski definition) is 3.